The molecule has 0 fully saturated rings. The first kappa shape index (κ1) is 19.6. The van der Waals surface area contributed by atoms with Crippen LogP contribution < -0.4 is 16.4 Å². The predicted octanol–water partition coefficient (Wildman–Crippen LogP) is 2.02. The van der Waals surface area contributed by atoms with E-state index in [9.17, 15) is 19.2 Å². The number of aromatic amines is 1. The SMILES string of the molecule is C[C@@H](OC(=O)Cn1[nH]c(=O)c2ccccc2c1=O)C(=O)Nc1ccc(Br)cc1. The number of carbonyl (C=O) groups excluding carboxylic acids is 2. The Bertz CT molecular complexity index is 1150. The number of fused-ring (bicyclic) bond motifs is 1. The van der Waals surface area contributed by atoms with Crippen molar-refractivity contribution in [2.75, 3.05) is 5.32 Å². The van der Waals surface area contributed by atoms with Gasteiger partial charge in [-0.2, -0.15) is 0 Å². The van der Waals surface area contributed by atoms with Crippen LogP contribution in [0.15, 0.2) is 62.6 Å². The maximum atomic E-state index is 12.4. The van der Waals surface area contributed by atoms with Crippen LogP contribution in [-0.2, 0) is 20.9 Å². The minimum absolute atomic E-state index is 0.195. The number of halogens is 1. The molecule has 0 spiro atoms. The van der Waals surface area contributed by atoms with Crippen LogP contribution in [0.2, 0.25) is 0 Å². The van der Waals surface area contributed by atoms with Gasteiger partial charge in [-0.05, 0) is 43.3 Å². The minimum Gasteiger partial charge on any atom is -0.451 e. The number of nitrogens with one attached hydrogen (secondary N) is 2. The summed E-state index contributed by atoms with van der Waals surface area (Å²) >= 11 is 3.30. The summed E-state index contributed by atoms with van der Waals surface area (Å²) in [7, 11) is 0. The van der Waals surface area contributed by atoms with Gasteiger partial charge in [0.05, 0.1) is 10.8 Å². The van der Waals surface area contributed by atoms with Crippen molar-refractivity contribution in [3.8, 4) is 0 Å². The average molecular weight is 446 g/mol. The molecule has 0 aliphatic carbocycles. The molecule has 1 atom stereocenters. The lowest BCUT2D eigenvalue weighted by molar-refractivity contribution is -0.154. The fourth-order valence-corrected chi connectivity index (χ4v) is 2.82. The van der Waals surface area contributed by atoms with Crippen molar-refractivity contribution in [1.82, 2.24) is 9.78 Å². The fourth-order valence-electron chi connectivity index (χ4n) is 2.55. The number of esters is 1. The molecule has 0 saturated carbocycles. The number of carbonyl (C=O) groups is 2. The Kier molecular flexibility index (Phi) is 5.74. The molecule has 0 aliphatic rings. The number of nitrogens with zero attached hydrogens (tertiary/aromatic N) is 1. The molecule has 0 unspecified atom stereocenters. The predicted molar refractivity (Wildman–Crippen MR) is 107 cm³/mol. The summed E-state index contributed by atoms with van der Waals surface area (Å²) in [4.78, 5) is 48.8. The van der Waals surface area contributed by atoms with E-state index in [2.05, 4.69) is 26.3 Å². The Morgan fingerprint density at radius 3 is 2.43 bits per heavy atom. The molecule has 3 rings (SSSR count). The van der Waals surface area contributed by atoms with Crippen LogP contribution in [0.4, 0.5) is 5.69 Å². The average Bonchev–Trinajstić information content (AvgIpc) is 2.67. The van der Waals surface area contributed by atoms with Crippen LogP contribution in [0.5, 0.6) is 0 Å². The quantitative estimate of drug-likeness (QED) is 0.583. The molecule has 1 aromatic heterocycles. The smallest absolute Gasteiger partial charge is 0.328 e. The highest BCUT2D eigenvalue weighted by molar-refractivity contribution is 9.10. The van der Waals surface area contributed by atoms with Crippen LogP contribution >= 0.6 is 15.9 Å². The van der Waals surface area contributed by atoms with E-state index in [4.69, 9.17) is 4.74 Å². The molecule has 0 radical (unpaired) electrons. The van der Waals surface area contributed by atoms with Gasteiger partial charge in [0.25, 0.3) is 17.0 Å². The molecular weight excluding hydrogens is 430 g/mol. The second kappa shape index (κ2) is 8.22. The summed E-state index contributed by atoms with van der Waals surface area (Å²) in [6.07, 6.45) is -1.08. The number of hydrogen-bond acceptors (Lipinski definition) is 5. The van der Waals surface area contributed by atoms with Crippen LogP contribution in [-0.4, -0.2) is 27.8 Å². The molecule has 28 heavy (non-hydrogen) atoms. The number of benzene rings is 2. The van der Waals surface area contributed by atoms with Crippen LogP contribution in [0.25, 0.3) is 10.8 Å². The molecule has 0 saturated heterocycles. The highest BCUT2D eigenvalue weighted by atomic mass is 79.9. The normalized spacial score (nSPS) is 11.8. The van der Waals surface area contributed by atoms with Crippen molar-refractivity contribution < 1.29 is 14.3 Å². The lowest BCUT2D eigenvalue weighted by Gasteiger charge is -2.14. The summed E-state index contributed by atoms with van der Waals surface area (Å²) in [6.45, 7) is 0.896. The van der Waals surface area contributed by atoms with E-state index in [-0.39, 0.29) is 10.8 Å². The van der Waals surface area contributed by atoms with Crippen molar-refractivity contribution in [3.63, 3.8) is 0 Å². The largest absolute Gasteiger partial charge is 0.451 e. The lowest BCUT2D eigenvalue weighted by atomic mass is 10.2. The first-order chi connectivity index (χ1) is 13.3. The molecule has 1 amide bonds. The van der Waals surface area contributed by atoms with Crippen molar-refractivity contribution in [2.45, 2.75) is 19.6 Å². The number of anilines is 1. The summed E-state index contributed by atoms with van der Waals surface area (Å²) in [5.41, 5.74) is -0.477. The third-order valence-electron chi connectivity index (χ3n) is 3.96. The van der Waals surface area contributed by atoms with Gasteiger partial charge in [0.15, 0.2) is 6.10 Å². The zero-order valence-corrected chi connectivity index (χ0v) is 16.4. The zero-order chi connectivity index (χ0) is 20.3. The van der Waals surface area contributed by atoms with Gasteiger partial charge in [-0.1, -0.05) is 28.1 Å². The topological polar surface area (TPSA) is 110 Å². The van der Waals surface area contributed by atoms with E-state index in [0.29, 0.717) is 5.69 Å². The molecule has 1 heterocycles. The minimum atomic E-state index is -1.08. The molecule has 2 aromatic carbocycles. The Labute approximate surface area is 167 Å². The Balaban J connectivity index is 1.68. The summed E-state index contributed by atoms with van der Waals surface area (Å²) in [6, 6.07) is 13.2. The molecule has 9 heteroatoms. The third kappa shape index (κ3) is 4.37. The number of rotatable bonds is 5. The van der Waals surface area contributed by atoms with Crippen LogP contribution in [0.1, 0.15) is 6.92 Å². The molecule has 144 valence electrons. The third-order valence-corrected chi connectivity index (χ3v) is 4.49. The van der Waals surface area contributed by atoms with E-state index >= 15 is 0 Å². The first-order valence-corrected chi connectivity index (χ1v) is 9.12. The van der Waals surface area contributed by atoms with E-state index in [1.165, 1.54) is 19.1 Å². The Morgan fingerprint density at radius 1 is 1.11 bits per heavy atom. The number of amides is 1. The lowest BCUT2D eigenvalue weighted by Crippen LogP contribution is -2.35. The van der Waals surface area contributed by atoms with Crippen molar-refractivity contribution in [3.05, 3.63) is 73.7 Å². The van der Waals surface area contributed by atoms with E-state index in [0.717, 1.165) is 9.15 Å². The van der Waals surface area contributed by atoms with E-state index in [1.807, 2.05) is 0 Å². The second-order valence-electron chi connectivity index (χ2n) is 6.01. The first-order valence-electron chi connectivity index (χ1n) is 8.33. The fraction of sp³-hybridized carbons (Fsp3) is 0.158. The van der Waals surface area contributed by atoms with Gasteiger partial charge < -0.3 is 10.1 Å². The number of H-pyrrole nitrogens is 1. The summed E-state index contributed by atoms with van der Waals surface area (Å²) < 4.78 is 6.81. The molecule has 8 nitrogen and oxygen atoms in total. The van der Waals surface area contributed by atoms with Crippen LogP contribution in [0, 0.1) is 0 Å². The molecular formula is C19H16BrN3O5. The van der Waals surface area contributed by atoms with Gasteiger partial charge in [0.2, 0.25) is 0 Å². The van der Waals surface area contributed by atoms with Gasteiger partial charge in [0.1, 0.15) is 6.54 Å². The van der Waals surface area contributed by atoms with Gasteiger partial charge in [0, 0.05) is 10.2 Å². The summed E-state index contributed by atoms with van der Waals surface area (Å²) in [5.74, 6) is -1.35. The zero-order valence-electron chi connectivity index (χ0n) is 14.8. The van der Waals surface area contributed by atoms with Gasteiger partial charge >= 0.3 is 5.97 Å². The Morgan fingerprint density at radius 2 is 1.75 bits per heavy atom. The van der Waals surface area contributed by atoms with Crippen molar-refractivity contribution >= 4 is 44.3 Å². The number of ether oxygens (including phenoxy) is 1. The highest BCUT2D eigenvalue weighted by Crippen LogP contribution is 2.14. The highest BCUT2D eigenvalue weighted by Gasteiger charge is 2.19. The van der Waals surface area contributed by atoms with E-state index < -0.39 is 35.6 Å². The maximum Gasteiger partial charge on any atom is 0.328 e. The monoisotopic (exact) mass is 445 g/mol. The van der Waals surface area contributed by atoms with Gasteiger partial charge in [-0.15, -0.1) is 0 Å². The number of hydrogen-bond donors (Lipinski definition) is 2. The molecule has 2 N–H and O–H groups in total. The molecule has 3 aromatic rings. The molecule has 0 bridgehead atoms. The number of aromatic nitrogens is 2. The van der Waals surface area contributed by atoms with Crippen LogP contribution in [0.3, 0.4) is 0 Å². The molecule has 0 aliphatic heterocycles. The summed E-state index contributed by atoms with van der Waals surface area (Å²) in [5, 5.41) is 5.39. The van der Waals surface area contributed by atoms with Gasteiger partial charge in [-0.3, -0.25) is 24.3 Å². The van der Waals surface area contributed by atoms with Gasteiger partial charge in [-0.25, -0.2) is 4.68 Å². The maximum absolute atomic E-state index is 12.4. The van der Waals surface area contributed by atoms with Crippen molar-refractivity contribution in [2.24, 2.45) is 0 Å². The Hall–Kier alpha value is -3.20. The van der Waals surface area contributed by atoms with E-state index in [1.54, 1.807) is 36.4 Å². The van der Waals surface area contributed by atoms with Crippen molar-refractivity contribution in [1.29, 1.82) is 0 Å². The standard InChI is InChI=1S/C19H16BrN3O5/c1-11(17(25)21-13-8-6-12(20)7-9-13)28-16(24)10-23-19(27)15-5-3-2-4-14(15)18(26)22-23/h2-9,11H,10H2,1H3,(H,21,25)(H,22,26)/t11-/m1/s1. The second-order valence-corrected chi connectivity index (χ2v) is 6.92.